The van der Waals surface area contributed by atoms with Gasteiger partial charge in [-0.1, -0.05) is 25.5 Å². The van der Waals surface area contributed by atoms with Crippen LogP contribution in [0.5, 0.6) is 5.75 Å². The minimum atomic E-state index is -0.0860. The lowest BCUT2D eigenvalue weighted by molar-refractivity contribution is -0.134. The number of phenols is 1. The summed E-state index contributed by atoms with van der Waals surface area (Å²) in [7, 11) is 1.79. The molecule has 0 spiro atoms. The number of benzene rings is 1. The van der Waals surface area contributed by atoms with Crippen LogP contribution in [0.3, 0.4) is 0 Å². The molecule has 1 aromatic rings. The van der Waals surface area contributed by atoms with Gasteiger partial charge in [0.1, 0.15) is 5.75 Å². The van der Waals surface area contributed by atoms with Crippen LogP contribution < -0.4 is 5.73 Å². The average molecular weight is 250 g/mol. The van der Waals surface area contributed by atoms with Crippen LogP contribution in [0.2, 0.25) is 0 Å². The van der Waals surface area contributed by atoms with Gasteiger partial charge in [0, 0.05) is 20.1 Å². The Balaban J connectivity index is 2.61. The summed E-state index contributed by atoms with van der Waals surface area (Å²) in [5, 5.41) is 9.20. The van der Waals surface area contributed by atoms with Crippen molar-refractivity contribution in [3.63, 3.8) is 0 Å². The minimum absolute atomic E-state index is 0.0860. The molecule has 0 saturated carbocycles. The molecule has 0 heterocycles. The standard InChI is InChI=1S/C14H22N2O2/c1-3-4-12(9-15)14(18)16(2)10-11-5-7-13(17)8-6-11/h5-8,12,17H,3-4,9-10,15H2,1-2H3. The maximum Gasteiger partial charge on any atom is 0.226 e. The van der Waals surface area contributed by atoms with Gasteiger partial charge in [-0.2, -0.15) is 0 Å². The van der Waals surface area contributed by atoms with Gasteiger partial charge in [-0.3, -0.25) is 4.79 Å². The molecule has 0 bridgehead atoms. The van der Waals surface area contributed by atoms with Gasteiger partial charge < -0.3 is 15.7 Å². The van der Waals surface area contributed by atoms with Crippen LogP contribution >= 0.6 is 0 Å². The molecule has 0 fully saturated rings. The zero-order valence-corrected chi connectivity index (χ0v) is 11.1. The van der Waals surface area contributed by atoms with Crippen molar-refractivity contribution >= 4 is 5.91 Å². The molecular formula is C14H22N2O2. The zero-order chi connectivity index (χ0) is 13.5. The Morgan fingerprint density at radius 1 is 1.39 bits per heavy atom. The van der Waals surface area contributed by atoms with Crippen molar-refractivity contribution in [2.45, 2.75) is 26.3 Å². The van der Waals surface area contributed by atoms with Crippen molar-refractivity contribution < 1.29 is 9.90 Å². The number of nitrogens with two attached hydrogens (primary N) is 1. The Bertz CT molecular complexity index is 376. The van der Waals surface area contributed by atoms with Crippen LogP contribution in [-0.4, -0.2) is 29.5 Å². The van der Waals surface area contributed by atoms with E-state index in [4.69, 9.17) is 5.73 Å². The summed E-state index contributed by atoms with van der Waals surface area (Å²) in [6, 6.07) is 6.88. The summed E-state index contributed by atoms with van der Waals surface area (Å²) in [5.41, 5.74) is 6.63. The van der Waals surface area contributed by atoms with Crippen LogP contribution in [0.25, 0.3) is 0 Å². The third-order valence-corrected chi connectivity index (χ3v) is 3.00. The molecule has 1 rings (SSSR count). The largest absolute Gasteiger partial charge is 0.508 e. The fraction of sp³-hybridized carbons (Fsp3) is 0.500. The molecule has 0 saturated heterocycles. The van der Waals surface area contributed by atoms with Crippen molar-refractivity contribution in [2.24, 2.45) is 11.7 Å². The lowest BCUT2D eigenvalue weighted by atomic mass is 10.0. The summed E-state index contributed by atoms with van der Waals surface area (Å²) >= 11 is 0. The highest BCUT2D eigenvalue weighted by molar-refractivity contribution is 5.78. The Morgan fingerprint density at radius 2 is 2.00 bits per heavy atom. The first kappa shape index (κ1) is 14.5. The lowest BCUT2D eigenvalue weighted by Gasteiger charge is -2.22. The predicted octanol–water partition coefficient (Wildman–Crippen LogP) is 1.73. The number of hydrogen-bond acceptors (Lipinski definition) is 3. The van der Waals surface area contributed by atoms with Gasteiger partial charge in [0.25, 0.3) is 0 Å². The van der Waals surface area contributed by atoms with Crippen molar-refractivity contribution in [3.05, 3.63) is 29.8 Å². The molecular weight excluding hydrogens is 228 g/mol. The molecule has 1 amide bonds. The van der Waals surface area contributed by atoms with Crippen molar-refractivity contribution in [3.8, 4) is 5.75 Å². The Kier molecular flexibility index (Phi) is 5.65. The number of rotatable bonds is 6. The molecule has 1 atom stereocenters. The smallest absolute Gasteiger partial charge is 0.226 e. The third kappa shape index (κ3) is 4.04. The third-order valence-electron chi connectivity index (χ3n) is 3.00. The first-order valence-corrected chi connectivity index (χ1v) is 6.31. The van der Waals surface area contributed by atoms with Crippen LogP contribution in [0.15, 0.2) is 24.3 Å². The van der Waals surface area contributed by atoms with E-state index in [1.165, 1.54) is 0 Å². The molecule has 1 unspecified atom stereocenters. The van der Waals surface area contributed by atoms with E-state index >= 15 is 0 Å². The maximum absolute atomic E-state index is 12.1. The first-order valence-electron chi connectivity index (χ1n) is 6.31. The van der Waals surface area contributed by atoms with Gasteiger partial charge in [0.2, 0.25) is 5.91 Å². The van der Waals surface area contributed by atoms with E-state index in [1.807, 2.05) is 12.1 Å². The summed E-state index contributed by atoms with van der Waals surface area (Å²) in [6.07, 6.45) is 1.79. The van der Waals surface area contributed by atoms with Gasteiger partial charge in [-0.25, -0.2) is 0 Å². The number of phenolic OH excluding ortho intramolecular Hbond substituents is 1. The topological polar surface area (TPSA) is 66.6 Å². The normalized spacial score (nSPS) is 12.2. The number of amides is 1. The number of carbonyl (C=O) groups is 1. The van der Waals surface area contributed by atoms with Crippen molar-refractivity contribution in [2.75, 3.05) is 13.6 Å². The number of nitrogens with zero attached hydrogens (tertiary/aromatic N) is 1. The molecule has 100 valence electrons. The fourth-order valence-corrected chi connectivity index (χ4v) is 1.96. The molecule has 18 heavy (non-hydrogen) atoms. The zero-order valence-electron chi connectivity index (χ0n) is 11.1. The summed E-state index contributed by atoms with van der Waals surface area (Å²) in [5.74, 6) is 0.239. The first-order chi connectivity index (χ1) is 8.58. The van der Waals surface area contributed by atoms with Gasteiger partial charge >= 0.3 is 0 Å². The monoisotopic (exact) mass is 250 g/mol. The molecule has 0 aromatic heterocycles. The van der Waals surface area contributed by atoms with Crippen molar-refractivity contribution in [1.29, 1.82) is 0 Å². The molecule has 0 aliphatic rings. The fourth-order valence-electron chi connectivity index (χ4n) is 1.96. The quantitative estimate of drug-likeness (QED) is 0.808. The SMILES string of the molecule is CCCC(CN)C(=O)N(C)Cc1ccc(O)cc1. The van der Waals surface area contributed by atoms with Crippen LogP contribution in [0, 0.1) is 5.92 Å². The Hall–Kier alpha value is -1.55. The van der Waals surface area contributed by atoms with Gasteiger partial charge in [0.05, 0.1) is 5.92 Å². The molecule has 0 aliphatic heterocycles. The highest BCUT2D eigenvalue weighted by Crippen LogP contribution is 2.14. The maximum atomic E-state index is 12.1. The molecule has 0 aliphatic carbocycles. The molecule has 4 heteroatoms. The predicted molar refractivity (Wildman–Crippen MR) is 72.0 cm³/mol. The number of aromatic hydroxyl groups is 1. The Morgan fingerprint density at radius 3 is 2.50 bits per heavy atom. The van der Waals surface area contributed by atoms with E-state index in [0.29, 0.717) is 13.1 Å². The summed E-state index contributed by atoms with van der Waals surface area (Å²) in [4.78, 5) is 13.8. The van der Waals surface area contributed by atoms with Crippen LogP contribution in [-0.2, 0) is 11.3 Å². The van der Waals surface area contributed by atoms with Crippen LogP contribution in [0.4, 0.5) is 0 Å². The molecule has 4 nitrogen and oxygen atoms in total. The van der Waals surface area contributed by atoms with E-state index < -0.39 is 0 Å². The van der Waals surface area contributed by atoms with E-state index in [9.17, 15) is 9.90 Å². The average Bonchev–Trinajstić information content (AvgIpc) is 2.37. The molecule has 3 N–H and O–H groups in total. The van der Waals surface area contributed by atoms with E-state index in [2.05, 4.69) is 6.92 Å². The number of carbonyl (C=O) groups excluding carboxylic acids is 1. The van der Waals surface area contributed by atoms with Crippen molar-refractivity contribution in [1.82, 2.24) is 4.90 Å². The van der Waals surface area contributed by atoms with E-state index in [1.54, 1.807) is 24.1 Å². The highest BCUT2D eigenvalue weighted by atomic mass is 16.3. The van der Waals surface area contributed by atoms with Gasteiger partial charge in [-0.15, -0.1) is 0 Å². The Labute approximate surface area is 108 Å². The van der Waals surface area contributed by atoms with E-state index in [-0.39, 0.29) is 17.6 Å². The summed E-state index contributed by atoms with van der Waals surface area (Å²) in [6.45, 7) is 2.99. The minimum Gasteiger partial charge on any atom is -0.508 e. The molecule has 1 aromatic carbocycles. The van der Waals surface area contributed by atoms with Gasteiger partial charge in [0.15, 0.2) is 0 Å². The second-order valence-corrected chi connectivity index (χ2v) is 4.58. The van der Waals surface area contributed by atoms with Crippen LogP contribution in [0.1, 0.15) is 25.3 Å². The molecule has 0 radical (unpaired) electrons. The lowest BCUT2D eigenvalue weighted by Crippen LogP contribution is -2.36. The summed E-state index contributed by atoms with van der Waals surface area (Å²) < 4.78 is 0. The number of hydrogen-bond donors (Lipinski definition) is 2. The second kappa shape index (κ2) is 7.01. The highest BCUT2D eigenvalue weighted by Gasteiger charge is 2.19. The van der Waals surface area contributed by atoms with Gasteiger partial charge in [-0.05, 0) is 24.1 Å². The second-order valence-electron chi connectivity index (χ2n) is 4.58. The van der Waals surface area contributed by atoms with E-state index in [0.717, 1.165) is 18.4 Å².